The maximum atomic E-state index is 10.9. The van der Waals surface area contributed by atoms with Crippen molar-refractivity contribution in [2.45, 2.75) is 19.9 Å². The number of nitrogens with zero attached hydrogens (tertiary/aromatic N) is 4. The Kier molecular flexibility index (Phi) is 2.11. The predicted octanol–water partition coefficient (Wildman–Crippen LogP) is 1.11. The van der Waals surface area contributed by atoms with E-state index in [4.69, 9.17) is 5.11 Å². The molecule has 0 aliphatic heterocycles. The maximum Gasteiger partial charge on any atom is 0.356 e. The maximum absolute atomic E-state index is 10.9. The van der Waals surface area contributed by atoms with Crippen LogP contribution in [0.1, 0.15) is 30.4 Å². The van der Waals surface area contributed by atoms with Crippen LogP contribution in [0.5, 0.6) is 0 Å². The Bertz CT molecular complexity index is 518. The highest BCUT2D eigenvalue weighted by molar-refractivity contribution is 5.97. The number of hydrogen-bond donors (Lipinski definition) is 1. The molecule has 0 saturated carbocycles. The first-order valence-corrected chi connectivity index (χ1v) is 4.52. The second-order valence-corrected chi connectivity index (χ2v) is 3.45. The van der Waals surface area contributed by atoms with E-state index in [1.807, 2.05) is 18.4 Å². The number of carboxylic acid groups (broad SMARTS) is 1. The molecule has 0 bridgehead atoms. The first-order valence-electron chi connectivity index (χ1n) is 4.52. The minimum Gasteiger partial charge on any atom is -0.476 e. The molecule has 6 nitrogen and oxygen atoms in total. The minimum absolute atomic E-state index is 0.0561. The summed E-state index contributed by atoms with van der Waals surface area (Å²) >= 11 is 0. The highest BCUT2D eigenvalue weighted by atomic mass is 16.4. The fourth-order valence-corrected chi connectivity index (χ4v) is 1.39. The Morgan fingerprint density at radius 3 is 2.73 bits per heavy atom. The van der Waals surface area contributed by atoms with Crippen molar-refractivity contribution in [3.05, 3.63) is 18.3 Å². The average molecular weight is 206 g/mol. The Labute approximate surface area is 85.6 Å². The summed E-state index contributed by atoms with van der Waals surface area (Å²) in [7, 11) is 0. The van der Waals surface area contributed by atoms with E-state index in [2.05, 4.69) is 15.0 Å². The summed E-state index contributed by atoms with van der Waals surface area (Å²) in [6, 6.07) is 0.187. The third kappa shape index (κ3) is 1.43. The molecular formula is C9H10N4O2. The Morgan fingerprint density at radius 2 is 2.13 bits per heavy atom. The van der Waals surface area contributed by atoms with Gasteiger partial charge in [0, 0.05) is 6.04 Å². The fourth-order valence-electron chi connectivity index (χ4n) is 1.39. The van der Waals surface area contributed by atoms with Crippen molar-refractivity contribution >= 4 is 17.1 Å². The van der Waals surface area contributed by atoms with Crippen LogP contribution < -0.4 is 0 Å². The van der Waals surface area contributed by atoms with Gasteiger partial charge in [-0.05, 0) is 13.8 Å². The van der Waals surface area contributed by atoms with Gasteiger partial charge >= 0.3 is 5.97 Å². The van der Waals surface area contributed by atoms with Crippen molar-refractivity contribution in [1.82, 2.24) is 19.5 Å². The van der Waals surface area contributed by atoms with Crippen molar-refractivity contribution in [1.29, 1.82) is 0 Å². The highest BCUT2D eigenvalue weighted by Crippen LogP contribution is 2.16. The molecule has 15 heavy (non-hydrogen) atoms. The van der Waals surface area contributed by atoms with Gasteiger partial charge in [-0.2, -0.15) is 0 Å². The molecule has 0 radical (unpaired) electrons. The molecule has 2 heterocycles. The molecule has 0 atom stereocenters. The standard InChI is InChI=1S/C9H10N4O2/c1-5(2)13-4-12-6-7(9(14)15)10-3-11-8(6)13/h3-5H,1-2H3,(H,14,15). The number of hydrogen-bond acceptors (Lipinski definition) is 4. The van der Waals surface area contributed by atoms with Gasteiger partial charge in [0.2, 0.25) is 0 Å². The molecule has 0 fully saturated rings. The van der Waals surface area contributed by atoms with E-state index in [0.29, 0.717) is 11.2 Å². The number of carbonyl (C=O) groups is 1. The quantitative estimate of drug-likeness (QED) is 0.795. The molecule has 0 spiro atoms. The summed E-state index contributed by atoms with van der Waals surface area (Å²) in [5.74, 6) is -1.09. The van der Waals surface area contributed by atoms with Crippen LogP contribution in [0.4, 0.5) is 0 Å². The van der Waals surface area contributed by atoms with Crippen LogP contribution in [0.15, 0.2) is 12.7 Å². The molecule has 0 unspecified atom stereocenters. The first-order chi connectivity index (χ1) is 7.11. The largest absolute Gasteiger partial charge is 0.476 e. The minimum atomic E-state index is -1.09. The summed E-state index contributed by atoms with van der Waals surface area (Å²) in [5.41, 5.74) is 0.829. The van der Waals surface area contributed by atoms with Gasteiger partial charge in [-0.15, -0.1) is 0 Å². The Morgan fingerprint density at radius 1 is 1.40 bits per heavy atom. The Balaban J connectivity index is 2.74. The number of aromatic carboxylic acids is 1. The van der Waals surface area contributed by atoms with E-state index >= 15 is 0 Å². The van der Waals surface area contributed by atoms with Crippen LogP contribution in [-0.4, -0.2) is 30.6 Å². The lowest BCUT2D eigenvalue weighted by molar-refractivity contribution is 0.0692. The van der Waals surface area contributed by atoms with Crippen molar-refractivity contribution < 1.29 is 9.90 Å². The number of aromatic nitrogens is 4. The van der Waals surface area contributed by atoms with Crippen molar-refractivity contribution in [3.8, 4) is 0 Å². The monoisotopic (exact) mass is 206 g/mol. The van der Waals surface area contributed by atoms with E-state index in [1.54, 1.807) is 6.33 Å². The third-order valence-electron chi connectivity index (χ3n) is 2.12. The molecule has 1 N–H and O–H groups in total. The molecule has 0 aliphatic rings. The van der Waals surface area contributed by atoms with E-state index in [9.17, 15) is 4.79 Å². The normalized spacial score (nSPS) is 11.1. The smallest absolute Gasteiger partial charge is 0.356 e. The second kappa shape index (κ2) is 3.30. The van der Waals surface area contributed by atoms with E-state index in [0.717, 1.165) is 0 Å². The van der Waals surface area contributed by atoms with Gasteiger partial charge < -0.3 is 9.67 Å². The molecule has 2 aromatic heterocycles. The SMILES string of the molecule is CC(C)n1cnc2c(C(=O)O)ncnc21. The summed E-state index contributed by atoms with van der Waals surface area (Å²) in [5, 5.41) is 8.89. The molecule has 0 aliphatic carbocycles. The number of rotatable bonds is 2. The Hall–Kier alpha value is -1.98. The van der Waals surface area contributed by atoms with Gasteiger partial charge in [0.25, 0.3) is 0 Å². The van der Waals surface area contributed by atoms with Gasteiger partial charge in [0.15, 0.2) is 11.3 Å². The zero-order valence-electron chi connectivity index (χ0n) is 8.38. The zero-order valence-corrected chi connectivity index (χ0v) is 8.38. The van der Waals surface area contributed by atoms with Gasteiger partial charge in [-0.3, -0.25) is 0 Å². The molecule has 78 valence electrons. The summed E-state index contributed by atoms with van der Waals surface area (Å²) < 4.78 is 1.81. The highest BCUT2D eigenvalue weighted by Gasteiger charge is 2.15. The van der Waals surface area contributed by atoms with Crippen LogP contribution in [-0.2, 0) is 0 Å². The molecule has 2 rings (SSSR count). The molecular weight excluding hydrogens is 196 g/mol. The van der Waals surface area contributed by atoms with E-state index in [-0.39, 0.29) is 11.7 Å². The van der Waals surface area contributed by atoms with Gasteiger partial charge in [-0.1, -0.05) is 0 Å². The predicted molar refractivity (Wildman–Crippen MR) is 52.7 cm³/mol. The lowest BCUT2D eigenvalue weighted by atomic mass is 10.3. The summed E-state index contributed by atoms with van der Waals surface area (Å²) in [4.78, 5) is 22.6. The molecule has 6 heteroatoms. The topological polar surface area (TPSA) is 80.9 Å². The molecule has 0 aromatic carbocycles. The van der Waals surface area contributed by atoms with Crippen LogP contribution in [0.3, 0.4) is 0 Å². The average Bonchev–Trinajstić information content (AvgIpc) is 2.59. The van der Waals surface area contributed by atoms with Crippen LogP contribution in [0, 0.1) is 0 Å². The van der Waals surface area contributed by atoms with Crippen LogP contribution in [0.25, 0.3) is 11.2 Å². The van der Waals surface area contributed by atoms with E-state index in [1.165, 1.54) is 6.33 Å². The fraction of sp³-hybridized carbons (Fsp3) is 0.333. The van der Waals surface area contributed by atoms with E-state index < -0.39 is 5.97 Å². The number of fused-ring (bicyclic) bond motifs is 1. The molecule has 0 saturated heterocycles. The van der Waals surface area contributed by atoms with Crippen LogP contribution in [0.2, 0.25) is 0 Å². The van der Waals surface area contributed by atoms with Gasteiger partial charge in [-0.25, -0.2) is 19.7 Å². The third-order valence-corrected chi connectivity index (χ3v) is 2.12. The van der Waals surface area contributed by atoms with Crippen LogP contribution >= 0.6 is 0 Å². The second-order valence-electron chi connectivity index (χ2n) is 3.45. The number of imidazole rings is 1. The zero-order chi connectivity index (χ0) is 11.0. The van der Waals surface area contributed by atoms with Crippen molar-refractivity contribution in [2.24, 2.45) is 0 Å². The summed E-state index contributed by atoms with van der Waals surface area (Å²) in [6.45, 7) is 3.95. The first kappa shape index (κ1) is 9.57. The molecule has 2 aromatic rings. The molecule has 0 amide bonds. The van der Waals surface area contributed by atoms with Gasteiger partial charge in [0.05, 0.1) is 6.33 Å². The summed E-state index contributed by atoms with van der Waals surface area (Å²) in [6.07, 6.45) is 2.82. The van der Waals surface area contributed by atoms with Crippen molar-refractivity contribution in [2.75, 3.05) is 0 Å². The lowest BCUT2D eigenvalue weighted by Crippen LogP contribution is -2.04. The number of carboxylic acids is 1. The van der Waals surface area contributed by atoms with Gasteiger partial charge in [0.1, 0.15) is 11.8 Å². The lowest BCUT2D eigenvalue weighted by Gasteiger charge is -2.06. The van der Waals surface area contributed by atoms with Crippen molar-refractivity contribution in [3.63, 3.8) is 0 Å².